The minimum absolute atomic E-state index is 0.817. The van der Waals surface area contributed by atoms with Gasteiger partial charge < -0.3 is 0 Å². The molecule has 1 N–H and O–H groups in total. The zero-order valence-corrected chi connectivity index (χ0v) is 10.7. The maximum absolute atomic E-state index is 12.9. The van der Waals surface area contributed by atoms with Gasteiger partial charge in [-0.25, -0.2) is 0 Å². The van der Waals surface area contributed by atoms with Gasteiger partial charge in [-0.1, -0.05) is 0 Å². The number of hydrogen-bond donors (Lipinski definition) is 1. The number of unbranched alkanes of at least 4 members (excludes halogenated alkanes) is 1. The zero-order valence-electron chi connectivity index (χ0n) is 9.90. The lowest BCUT2D eigenvalue weighted by Crippen LogP contribution is -2.60. The molecule has 0 saturated heterocycles. The van der Waals surface area contributed by atoms with E-state index in [1.54, 1.807) is 0 Å². The summed E-state index contributed by atoms with van der Waals surface area (Å²) in [5.41, 5.74) is 0. The lowest BCUT2D eigenvalue weighted by molar-refractivity contribution is -0.396. The molecule has 13 heteroatoms. The average Bonchev–Trinajstić information content (AvgIpc) is 2.21. The maximum atomic E-state index is 12.9. The Labute approximate surface area is 112 Å². The molecule has 0 saturated carbocycles. The summed E-state index contributed by atoms with van der Waals surface area (Å²) in [6, 6.07) is 0. The molecule has 128 valence electrons. The van der Waals surface area contributed by atoms with Crippen LogP contribution in [0.2, 0.25) is 0 Å². The van der Waals surface area contributed by atoms with Gasteiger partial charge in [0.1, 0.15) is 0 Å². The van der Waals surface area contributed by atoms with Gasteiger partial charge in [-0.05, 0) is 12.8 Å². The van der Waals surface area contributed by atoms with Crippen LogP contribution in [0.5, 0.6) is 0 Å². The largest absolute Gasteiger partial charge is 0.460 e. The summed E-state index contributed by atoms with van der Waals surface area (Å²) in [6.45, 7) is 0. The van der Waals surface area contributed by atoms with E-state index in [2.05, 4.69) is 0 Å². The molecule has 0 spiro atoms. The molecule has 0 aliphatic carbocycles. The highest BCUT2D eigenvalue weighted by atomic mass is 32.2. The molecule has 0 rings (SSSR count). The second-order valence-corrected chi connectivity index (χ2v) is 5.67. The molecular weight excluding hydrogens is 347 g/mol. The van der Waals surface area contributed by atoms with Gasteiger partial charge in [0.25, 0.3) is 10.1 Å². The fraction of sp³-hybridized carbons (Fsp3) is 1.00. The van der Waals surface area contributed by atoms with Crippen molar-refractivity contribution in [3.05, 3.63) is 0 Å². The van der Waals surface area contributed by atoms with Gasteiger partial charge in [0.15, 0.2) is 0 Å². The maximum Gasteiger partial charge on any atom is 0.460 e. The van der Waals surface area contributed by atoms with E-state index in [4.69, 9.17) is 4.55 Å². The molecule has 0 aromatic carbocycles. The van der Waals surface area contributed by atoms with E-state index in [1.165, 1.54) is 0 Å². The molecule has 0 unspecified atom stereocenters. The van der Waals surface area contributed by atoms with E-state index in [-0.39, 0.29) is 0 Å². The van der Waals surface area contributed by atoms with Crippen LogP contribution < -0.4 is 0 Å². The molecule has 21 heavy (non-hydrogen) atoms. The van der Waals surface area contributed by atoms with Crippen molar-refractivity contribution in [2.45, 2.75) is 43.2 Å². The molecular formula is C8H9F9O3S. The number of alkyl halides is 9. The van der Waals surface area contributed by atoms with Crippen LogP contribution in [0, 0.1) is 0 Å². The van der Waals surface area contributed by atoms with Gasteiger partial charge in [-0.2, -0.15) is 47.9 Å². The summed E-state index contributed by atoms with van der Waals surface area (Å²) >= 11 is 0. The van der Waals surface area contributed by atoms with Crippen LogP contribution in [0.15, 0.2) is 0 Å². The summed E-state index contributed by atoms with van der Waals surface area (Å²) in [6.07, 6.45) is -10.9. The molecule has 0 bridgehead atoms. The highest BCUT2D eigenvalue weighted by Crippen LogP contribution is 2.54. The van der Waals surface area contributed by atoms with Crippen molar-refractivity contribution in [2.75, 3.05) is 5.75 Å². The first-order valence-electron chi connectivity index (χ1n) is 5.11. The topological polar surface area (TPSA) is 54.4 Å². The predicted molar refractivity (Wildman–Crippen MR) is 51.2 cm³/mol. The third-order valence-electron chi connectivity index (χ3n) is 2.35. The van der Waals surface area contributed by atoms with E-state index in [9.17, 15) is 47.9 Å². The molecule has 0 aliphatic rings. The van der Waals surface area contributed by atoms with Crippen molar-refractivity contribution in [1.82, 2.24) is 0 Å². The van der Waals surface area contributed by atoms with Crippen molar-refractivity contribution >= 4 is 10.1 Å². The number of rotatable bonds is 7. The molecule has 0 aromatic rings. The van der Waals surface area contributed by atoms with Crippen LogP contribution in [0.1, 0.15) is 19.3 Å². The van der Waals surface area contributed by atoms with E-state index in [1.807, 2.05) is 0 Å². The Hall–Kier alpha value is -0.720. The van der Waals surface area contributed by atoms with Crippen LogP contribution in [0.3, 0.4) is 0 Å². The number of hydrogen-bond acceptors (Lipinski definition) is 2. The summed E-state index contributed by atoms with van der Waals surface area (Å²) in [7, 11) is -4.59. The summed E-state index contributed by atoms with van der Waals surface area (Å²) < 4.78 is 140. The molecule has 0 radical (unpaired) electrons. The first-order chi connectivity index (χ1) is 8.96. The van der Waals surface area contributed by atoms with Crippen molar-refractivity contribution in [3.63, 3.8) is 0 Å². The van der Waals surface area contributed by atoms with Gasteiger partial charge in [-0.15, -0.1) is 0 Å². The fourth-order valence-electron chi connectivity index (χ4n) is 1.20. The molecule has 0 fully saturated rings. The minimum atomic E-state index is -6.95. The Bertz CT molecular complexity index is 454. The first kappa shape index (κ1) is 20.3. The summed E-state index contributed by atoms with van der Waals surface area (Å²) in [5, 5.41) is 0. The van der Waals surface area contributed by atoms with Crippen molar-refractivity contribution in [1.29, 1.82) is 0 Å². The van der Waals surface area contributed by atoms with Gasteiger partial charge in [0.05, 0.1) is 5.75 Å². The Morgan fingerprint density at radius 2 is 1.19 bits per heavy atom. The number of halogens is 9. The standard InChI is InChI=1S/C8H9F9O3S/c9-5(10,3-1-2-4-21(18,19)20)6(11,12)7(13,14)8(15,16)17/h1-4H2,(H,18,19,20). The Morgan fingerprint density at radius 3 is 1.52 bits per heavy atom. The second kappa shape index (κ2) is 5.82. The highest BCUT2D eigenvalue weighted by Gasteiger charge is 2.81. The van der Waals surface area contributed by atoms with Crippen LogP contribution in [0.4, 0.5) is 39.5 Å². The average molecular weight is 356 g/mol. The van der Waals surface area contributed by atoms with E-state index in [0.717, 1.165) is 0 Å². The molecule has 0 atom stereocenters. The molecule has 3 nitrogen and oxygen atoms in total. The zero-order chi connectivity index (χ0) is 17.3. The Morgan fingerprint density at radius 1 is 0.762 bits per heavy atom. The monoisotopic (exact) mass is 356 g/mol. The normalized spacial score (nSPS) is 15.3. The SMILES string of the molecule is O=S(=O)(O)CCCCC(F)(F)C(F)(F)C(F)(F)C(F)(F)F. The Kier molecular flexibility index (Phi) is 5.62. The first-order valence-corrected chi connectivity index (χ1v) is 6.72. The molecule has 0 aromatic heterocycles. The Balaban J connectivity index is 4.97. The van der Waals surface area contributed by atoms with Crippen LogP contribution in [0.25, 0.3) is 0 Å². The third kappa shape index (κ3) is 4.63. The van der Waals surface area contributed by atoms with Crippen molar-refractivity contribution < 1.29 is 52.5 Å². The lowest BCUT2D eigenvalue weighted by atomic mass is 9.99. The van der Waals surface area contributed by atoms with Gasteiger partial charge in [0, 0.05) is 6.42 Å². The smallest absolute Gasteiger partial charge is 0.286 e. The molecule has 0 heterocycles. The van der Waals surface area contributed by atoms with Crippen molar-refractivity contribution in [2.24, 2.45) is 0 Å². The van der Waals surface area contributed by atoms with E-state index < -0.39 is 59.1 Å². The quantitative estimate of drug-likeness (QED) is 0.432. The lowest BCUT2D eigenvalue weighted by Gasteiger charge is -2.33. The van der Waals surface area contributed by atoms with Gasteiger partial charge in [-0.3, -0.25) is 4.55 Å². The van der Waals surface area contributed by atoms with Gasteiger partial charge >= 0.3 is 23.9 Å². The van der Waals surface area contributed by atoms with Crippen LogP contribution in [-0.2, 0) is 10.1 Å². The fourth-order valence-corrected chi connectivity index (χ4v) is 1.77. The van der Waals surface area contributed by atoms with Gasteiger partial charge in [0.2, 0.25) is 0 Å². The highest BCUT2D eigenvalue weighted by molar-refractivity contribution is 7.85. The van der Waals surface area contributed by atoms with E-state index >= 15 is 0 Å². The second-order valence-electron chi connectivity index (χ2n) is 4.09. The third-order valence-corrected chi connectivity index (χ3v) is 3.16. The predicted octanol–water partition coefficient (Wildman–Crippen LogP) is 3.51. The molecule has 0 aliphatic heterocycles. The van der Waals surface area contributed by atoms with Crippen LogP contribution >= 0.6 is 0 Å². The van der Waals surface area contributed by atoms with Crippen molar-refractivity contribution in [3.8, 4) is 0 Å². The summed E-state index contributed by atoms with van der Waals surface area (Å²) in [5.74, 6) is -20.5. The molecule has 0 amide bonds. The van der Waals surface area contributed by atoms with Crippen LogP contribution in [-0.4, -0.2) is 42.7 Å². The minimum Gasteiger partial charge on any atom is -0.286 e. The van der Waals surface area contributed by atoms with E-state index in [0.29, 0.717) is 0 Å². The summed E-state index contributed by atoms with van der Waals surface area (Å²) in [4.78, 5) is 0.